The van der Waals surface area contributed by atoms with E-state index < -0.39 is 0 Å². The maximum absolute atomic E-state index is 12.0. The summed E-state index contributed by atoms with van der Waals surface area (Å²) in [5.41, 5.74) is 1.56. The van der Waals surface area contributed by atoms with Crippen molar-refractivity contribution in [1.29, 1.82) is 0 Å². The zero-order chi connectivity index (χ0) is 15.9. The minimum Gasteiger partial charge on any atom is -0.325 e. The summed E-state index contributed by atoms with van der Waals surface area (Å²) in [7, 11) is 0. The van der Waals surface area contributed by atoms with Gasteiger partial charge >= 0.3 is 0 Å². The first-order valence-electron chi connectivity index (χ1n) is 6.77. The summed E-state index contributed by atoms with van der Waals surface area (Å²) in [5.74, 6) is 0.509. The molecule has 22 heavy (non-hydrogen) atoms. The van der Waals surface area contributed by atoms with Gasteiger partial charge in [0, 0.05) is 17.5 Å². The lowest BCUT2D eigenvalue weighted by Gasteiger charge is -2.09. The van der Waals surface area contributed by atoms with Crippen molar-refractivity contribution in [2.45, 2.75) is 18.7 Å². The van der Waals surface area contributed by atoms with Crippen molar-refractivity contribution in [3.8, 4) is 0 Å². The lowest BCUT2D eigenvalue weighted by atomic mass is 10.3. The lowest BCUT2D eigenvalue weighted by molar-refractivity contribution is -0.114. The third kappa shape index (κ3) is 4.89. The number of para-hydroxylation sites is 1. The van der Waals surface area contributed by atoms with Crippen LogP contribution in [0.2, 0.25) is 0 Å². The van der Waals surface area contributed by atoms with Crippen molar-refractivity contribution >= 4 is 35.1 Å². The van der Waals surface area contributed by atoms with Crippen LogP contribution in [0.5, 0.6) is 0 Å². The number of thioether (sulfide) groups is 1. The van der Waals surface area contributed by atoms with Crippen molar-refractivity contribution < 1.29 is 9.59 Å². The van der Waals surface area contributed by atoms with Crippen molar-refractivity contribution in [2.75, 3.05) is 16.4 Å². The van der Waals surface area contributed by atoms with Crippen LogP contribution in [0.3, 0.4) is 0 Å². The lowest BCUT2D eigenvalue weighted by Crippen LogP contribution is -2.15. The molecule has 0 radical (unpaired) electrons. The summed E-state index contributed by atoms with van der Waals surface area (Å²) < 4.78 is 0. The Morgan fingerprint density at radius 1 is 1.09 bits per heavy atom. The number of hydrogen-bond acceptors (Lipinski definition) is 4. The second-order valence-corrected chi connectivity index (χ2v) is 5.70. The third-order valence-corrected chi connectivity index (χ3v) is 3.79. The quantitative estimate of drug-likeness (QED) is 0.832. The van der Waals surface area contributed by atoms with Gasteiger partial charge in [-0.1, -0.05) is 18.2 Å². The SMILES string of the molecule is CC(=O)Nc1ccccc1SCC(=O)Nc1cccc(C)n1. The molecule has 0 atom stereocenters. The predicted octanol–water partition coefficient (Wildman–Crippen LogP) is 3.08. The smallest absolute Gasteiger partial charge is 0.235 e. The van der Waals surface area contributed by atoms with E-state index in [1.165, 1.54) is 18.7 Å². The van der Waals surface area contributed by atoms with Crippen molar-refractivity contribution in [2.24, 2.45) is 0 Å². The first-order valence-corrected chi connectivity index (χ1v) is 7.76. The summed E-state index contributed by atoms with van der Waals surface area (Å²) in [5, 5.41) is 5.51. The standard InChI is InChI=1S/C16H17N3O2S/c1-11-6-5-9-15(17-11)19-16(21)10-22-14-8-4-3-7-13(14)18-12(2)20/h3-9H,10H2,1-2H3,(H,18,20)(H,17,19,21). The molecule has 0 bridgehead atoms. The molecule has 0 aliphatic carbocycles. The molecule has 0 saturated heterocycles. The fourth-order valence-corrected chi connectivity index (χ4v) is 2.63. The van der Waals surface area contributed by atoms with E-state index in [-0.39, 0.29) is 17.6 Å². The topological polar surface area (TPSA) is 71.1 Å². The Bertz CT molecular complexity index is 689. The first kappa shape index (κ1) is 16.0. The fourth-order valence-electron chi connectivity index (χ4n) is 1.82. The van der Waals surface area contributed by atoms with Gasteiger partial charge in [-0.15, -0.1) is 11.8 Å². The number of carbonyl (C=O) groups is 2. The number of nitrogens with one attached hydrogen (secondary N) is 2. The molecule has 0 aliphatic rings. The summed E-state index contributed by atoms with van der Waals surface area (Å²) >= 11 is 1.37. The van der Waals surface area contributed by atoms with Gasteiger partial charge in [0.15, 0.2) is 0 Å². The zero-order valence-corrected chi connectivity index (χ0v) is 13.2. The Balaban J connectivity index is 1.95. The molecule has 1 aromatic heterocycles. The Morgan fingerprint density at radius 3 is 2.59 bits per heavy atom. The maximum Gasteiger partial charge on any atom is 0.235 e. The summed E-state index contributed by atoms with van der Waals surface area (Å²) in [6, 6.07) is 12.9. The Labute approximate surface area is 133 Å². The van der Waals surface area contributed by atoms with Crippen molar-refractivity contribution in [3.05, 3.63) is 48.2 Å². The van der Waals surface area contributed by atoms with Crippen LogP contribution in [0.4, 0.5) is 11.5 Å². The van der Waals surface area contributed by atoms with Crippen LogP contribution in [-0.2, 0) is 9.59 Å². The fraction of sp³-hybridized carbons (Fsp3) is 0.188. The number of nitrogens with zero attached hydrogens (tertiary/aromatic N) is 1. The van der Waals surface area contributed by atoms with Gasteiger partial charge in [-0.05, 0) is 31.2 Å². The number of aromatic nitrogens is 1. The van der Waals surface area contributed by atoms with Gasteiger partial charge in [0.25, 0.3) is 0 Å². The average Bonchev–Trinajstić information content (AvgIpc) is 2.46. The van der Waals surface area contributed by atoms with Crippen LogP contribution in [0.15, 0.2) is 47.4 Å². The Hall–Kier alpha value is -2.34. The number of aryl methyl sites for hydroxylation is 1. The normalized spacial score (nSPS) is 10.1. The van der Waals surface area contributed by atoms with Crippen LogP contribution in [0.1, 0.15) is 12.6 Å². The third-order valence-electron chi connectivity index (χ3n) is 2.71. The summed E-state index contributed by atoms with van der Waals surface area (Å²) in [6.45, 7) is 3.33. The van der Waals surface area contributed by atoms with Gasteiger partial charge in [-0.3, -0.25) is 9.59 Å². The molecule has 2 amide bonds. The summed E-state index contributed by atoms with van der Waals surface area (Å²) in [6.07, 6.45) is 0. The monoisotopic (exact) mass is 315 g/mol. The highest BCUT2D eigenvalue weighted by atomic mass is 32.2. The van der Waals surface area contributed by atoms with Gasteiger partial charge < -0.3 is 10.6 Å². The van der Waals surface area contributed by atoms with Gasteiger partial charge in [-0.2, -0.15) is 0 Å². The molecule has 1 aromatic carbocycles. The van der Waals surface area contributed by atoms with E-state index in [1.807, 2.05) is 43.3 Å². The minimum atomic E-state index is -0.138. The van der Waals surface area contributed by atoms with Crippen molar-refractivity contribution in [3.63, 3.8) is 0 Å². The van der Waals surface area contributed by atoms with Gasteiger partial charge in [-0.25, -0.2) is 4.98 Å². The molecule has 0 fully saturated rings. The van der Waals surface area contributed by atoms with Crippen LogP contribution in [0, 0.1) is 6.92 Å². The average molecular weight is 315 g/mol. The number of amides is 2. The van der Waals surface area contributed by atoms with Crippen LogP contribution >= 0.6 is 11.8 Å². The van der Waals surface area contributed by atoms with E-state index in [9.17, 15) is 9.59 Å². The molecule has 0 aliphatic heterocycles. The zero-order valence-electron chi connectivity index (χ0n) is 12.4. The number of hydrogen-bond donors (Lipinski definition) is 2. The van der Waals surface area contributed by atoms with E-state index in [0.29, 0.717) is 11.5 Å². The Kier molecular flexibility index (Phi) is 5.55. The number of rotatable bonds is 5. The van der Waals surface area contributed by atoms with Gasteiger partial charge in [0.2, 0.25) is 11.8 Å². The highest BCUT2D eigenvalue weighted by molar-refractivity contribution is 8.00. The molecular weight excluding hydrogens is 298 g/mol. The molecule has 2 rings (SSSR count). The first-order chi connectivity index (χ1) is 10.5. The number of benzene rings is 1. The minimum absolute atomic E-state index is 0.138. The van der Waals surface area contributed by atoms with Crippen molar-refractivity contribution in [1.82, 2.24) is 4.98 Å². The second-order valence-electron chi connectivity index (χ2n) is 4.68. The maximum atomic E-state index is 12.0. The number of carbonyl (C=O) groups excluding carboxylic acids is 2. The number of anilines is 2. The van der Waals surface area contributed by atoms with Crippen LogP contribution in [-0.4, -0.2) is 22.6 Å². The molecule has 6 heteroatoms. The van der Waals surface area contributed by atoms with E-state index in [0.717, 1.165) is 10.6 Å². The molecular formula is C16H17N3O2S. The highest BCUT2D eigenvalue weighted by Crippen LogP contribution is 2.26. The second kappa shape index (κ2) is 7.61. The highest BCUT2D eigenvalue weighted by Gasteiger charge is 2.08. The predicted molar refractivity (Wildman–Crippen MR) is 89.1 cm³/mol. The molecule has 0 saturated carbocycles. The van der Waals surface area contributed by atoms with E-state index in [1.54, 1.807) is 6.07 Å². The molecule has 2 N–H and O–H groups in total. The van der Waals surface area contributed by atoms with Gasteiger partial charge in [0.1, 0.15) is 5.82 Å². The van der Waals surface area contributed by atoms with E-state index in [2.05, 4.69) is 15.6 Å². The van der Waals surface area contributed by atoms with Crippen LogP contribution in [0.25, 0.3) is 0 Å². The molecule has 1 heterocycles. The molecule has 114 valence electrons. The van der Waals surface area contributed by atoms with E-state index >= 15 is 0 Å². The van der Waals surface area contributed by atoms with Crippen LogP contribution < -0.4 is 10.6 Å². The van der Waals surface area contributed by atoms with E-state index in [4.69, 9.17) is 0 Å². The largest absolute Gasteiger partial charge is 0.325 e. The number of pyridine rings is 1. The molecule has 2 aromatic rings. The molecule has 0 unspecified atom stereocenters. The summed E-state index contributed by atoms with van der Waals surface area (Å²) in [4.78, 5) is 28.2. The molecule has 5 nitrogen and oxygen atoms in total. The molecule has 0 spiro atoms. The van der Waals surface area contributed by atoms with Gasteiger partial charge in [0.05, 0.1) is 11.4 Å². The Morgan fingerprint density at radius 2 is 1.86 bits per heavy atom.